The Kier molecular flexibility index (Phi) is 7.25. The number of halogens is 1. The maximum absolute atomic E-state index is 6.13. The molecule has 0 amide bonds. The molecule has 1 rings (SSSR count). The summed E-state index contributed by atoms with van der Waals surface area (Å²) in [5, 5.41) is 4.37. The average Bonchev–Trinajstić information content (AvgIpc) is 2.38. The van der Waals surface area contributed by atoms with Gasteiger partial charge in [-0.25, -0.2) is 0 Å². The highest BCUT2D eigenvalue weighted by atomic mass is 35.5. The molecular formula is C16H26ClNO. The molecule has 0 saturated carbocycles. The van der Waals surface area contributed by atoms with Gasteiger partial charge in [0, 0.05) is 16.6 Å². The summed E-state index contributed by atoms with van der Waals surface area (Å²) in [6.07, 6.45) is 3.42. The van der Waals surface area contributed by atoms with E-state index >= 15 is 0 Å². The van der Waals surface area contributed by atoms with Crippen LogP contribution in [0.5, 0.6) is 5.75 Å². The zero-order valence-corrected chi connectivity index (χ0v) is 13.3. The second-order valence-corrected chi connectivity index (χ2v) is 5.80. The van der Waals surface area contributed by atoms with E-state index in [9.17, 15) is 0 Å². The molecule has 0 saturated heterocycles. The zero-order valence-electron chi connectivity index (χ0n) is 12.5. The van der Waals surface area contributed by atoms with Gasteiger partial charge in [-0.3, -0.25) is 0 Å². The van der Waals surface area contributed by atoms with Crippen LogP contribution in [0.15, 0.2) is 18.2 Å². The fraction of sp³-hybridized carbons (Fsp3) is 0.625. The van der Waals surface area contributed by atoms with Gasteiger partial charge in [0.05, 0.1) is 7.11 Å². The smallest absolute Gasteiger partial charge is 0.123 e. The highest BCUT2D eigenvalue weighted by Gasteiger charge is 2.16. The molecule has 19 heavy (non-hydrogen) atoms. The first-order valence-corrected chi connectivity index (χ1v) is 7.53. The van der Waals surface area contributed by atoms with Gasteiger partial charge < -0.3 is 10.1 Å². The second-order valence-electron chi connectivity index (χ2n) is 5.36. The summed E-state index contributed by atoms with van der Waals surface area (Å²) in [6, 6.07) is 6.17. The molecule has 0 spiro atoms. The number of methoxy groups -OCH3 is 1. The van der Waals surface area contributed by atoms with E-state index in [4.69, 9.17) is 16.3 Å². The number of rotatable bonds is 8. The topological polar surface area (TPSA) is 21.3 Å². The molecule has 1 aromatic rings. The number of nitrogens with one attached hydrogen (secondary N) is 1. The fourth-order valence-electron chi connectivity index (χ4n) is 2.16. The minimum atomic E-state index is 0.316. The van der Waals surface area contributed by atoms with E-state index in [1.165, 1.54) is 12.0 Å². The molecule has 1 N–H and O–H groups in total. The molecule has 0 fully saturated rings. The van der Waals surface area contributed by atoms with Crippen molar-refractivity contribution in [3.8, 4) is 5.75 Å². The van der Waals surface area contributed by atoms with Crippen LogP contribution < -0.4 is 10.1 Å². The van der Waals surface area contributed by atoms with Crippen molar-refractivity contribution in [3.63, 3.8) is 0 Å². The highest BCUT2D eigenvalue weighted by Crippen LogP contribution is 2.31. The molecule has 1 unspecified atom stereocenters. The SMILES string of the molecule is CCCNC(CCC(C)C)c1cc(Cl)ccc1OC. The number of hydrogen-bond donors (Lipinski definition) is 1. The van der Waals surface area contributed by atoms with Crippen LogP contribution in [0.25, 0.3) is 0 Å². The largest absolute Gasteiger partial charge is 0.496 e. The molecule has 0 aliphatic heterocycles. The molecule has 108 valence electrons. The monoisotopic (exact) mass is 283 g/mol. The number of hydrogen-bond acceptors (Lipinski definition) is 2. The van der Waals surface area contributed by atoms with Gasteiger partial charge >= 0.3 is 0 Å². The summed E-state index contributed by atoms with van der Waals surface area (Å²) in [6.45, 7) is 7.71. The van der Waals surface area contributed by atoms with Gasteiger partial charge in [-0.2, -0.15) is 0 Å². The van der Waals surface area contributed by atoms with Crippen molar-refractivity contribution < 1.29 is 4.74 Å². The molecule has 2 nitrogen and oxygen atoms in total. The van der Waals surface area contributed by atoms with Crippen LogP contribution in [0.2, 0.25) is 5.02 Å². The average molecular weight is 284 g/mol. The minimum Gasteiger partial charge on any atom is -0.496 e. The Balaban J connectivity index is 2.90. The third-order valence-electron chi connectivity index (χ3n) is 3.24. The summed E-state index contributed by atoms with van der Waals surface area (Å²) < 4.78 is 5.47. The van der Waals surface area contributed by atoms with Crippen LogP contribution in [0.3, 0.4) is 0 Å². The lowest BCUT2D eigenvalue weighted by atomic mass is 9.96. The van der Waals surface area contributed by atoms with E-state index in [0.29, 0.717) is 12.0 Å². The lowest BCUT2D eigenvalue weighted by molar-refractivity contribution is 0.386. The summed E-state index contributed by atoms with van der Waals surface area (Å²) >= 11 is 6.13. The Bertz CT molecular complexity index is 379. The van der Waals surface area contributed by atoms with Gasteiger partial charge in [-0.15, -0.1) is 0 Å². The second kappa shape index (κ2) is 8.44. The van der Waals surface area contributed by atoms with E-state index < -0.39 is 0 Å². The van der Waals surface area contributed by atoms with Crippen LogP contribution in [0.1, 0.15) is 51.6 Å². The van der Waals surface area contributed by atoms with Gasteiger partial charge in [0.15, 0.2) is 0 Å². The van der Waals surface area contributed by atoms with Gasteiger partial charge in [0.2, 0.25) is 0 Å². The Morgan fingerprint density at radius 3 is 2.58 bits per heavy atom. The first-order chi connectivity index (χ1) is 9.08. The first kappa shape index (κ1) is 16.3. The molecule has 3 heteroatoms. The predicted octanol–water partition coefficient (Wildman–Crippen LogP) is 4.83. The maximum atomic E-state index is 6.13. The van der Waals surface area contributed by atoms with Crippen molar-refractivity contribution in [3.05, 3.63) is 28.8 Å². The normalized spacial score (nSPS) is 12.7. The van der Waals surface area contributed by atoms with Crippen molar-refractivity contribution in [2.24, 2.45) is 5.92 Å². The van der Waals surface area contributed by atoms with Gasteiger partial charge in [0.25, 0.3) is 0 Å². The fourth-order valence-corrected chi connectivity index (χ4v) is 2.34. The molecule has 0 aliphatic rings. The molecule has 0 aliphatic carbocycles. The highest BCUT2D eigenvalue weighted by molar-refractivity contribution is 6.30. The molecule has 1 aromatic carbocycles. The van der Waals surface area contributed by atoms with E-state index in [-0.39, 0.29) is 0 Å². The molecular weight excluding hydrogens is 258 g/mol. The number of ether oxygens (including phenoxy) is 1. The third-order valence-corrected chi connectivity index (χ3v) is 3.48. The zero-order chi connectivity index (χ0) is 14.3. The third kappa shape index (κ3) is 5.42. The minimum absolute atomic E-state index is 0.316. The Morgan fingerprint density at radius 1 is 1.26 bits per heavy atom. The van der Waals surface area contributed by atoms with Crippen LogP contribution in [-0.4, -0.2) is 13.7 Å². The first-order valence-electron chi connectivity index (χ1n) is 7.15. The molecule has 0 heterocycles. The van der Waals surface area contributed by atoms with Crippen molar-refractivity contribution in [1.29, 1.82) is 0 Å². The van der Waals surface area contributed by atoms with Crippen LogP contribution in [0.4, 0.5) is 0 Å². The summed E-state index contributed by atoms with van der Waals surface area (Å²) in [7, 11) is 1.71. The van der Waals surface area contributed by atoms with Gasteiger partial charge in [0.1, 0.15) is 5.75 Å². The van der Waals surface area contributed by atoms with E-state index in [2.05, 4.69) is 26.1 Å². The maximum Gasteiger partial charge on any atom is 0.123 e. The van der Waals surface area contributed by atoms with Crippen molar-refractivity contribution in [2.75, 3.05) is 13.7 Å². The van der Waals surface area contributed by atoms with E-state index in [1.54, 1.807) is 7.11 Å². The van der Waals surface area contributed by atoms with E-state index in [0.717, 1.165) is 30.2 Å². The van der Waals surface area contributed by atoms with Crippen LogP contribution in [0, 0.1) is 5.92 Å². The van der Waals surface area contributed by atoms with Crippen molar-refractivity contribution in [1.82, 2.24) is 5.32 Å². The summed E-state index contributed by atoms with van der Waals surface area (Å²) in [4.78, 5) is 0. The molecule has 0 bridgehead atoms. The van der Waals surface area contributed by atoms with Gasteiger partial charge in [-0.05, 0) is 49.9 Å². The van der Waals surface area contributed by atoms with E-state index in [1.807, 2.05) is 18.2 Å². The lowest BCUT2D eigenvalue weighted by Gasteiger charge is -2.22. The standard InChI is InChI=1S/C16H26ClNO/c1-5-10-18-15(8-6-12(2)3)14-11-13(17)7-9-16(14)19-4/h7,9,11-12,15,18H,5-6,8,10H2,1-4H3. The molecule has 0 radical (unpaired) electrons. The van der Waals surface area contributed by atoms with Gasteiger partial charge in [-0.1, -0.05) is 32.4 Å². The van der Waals surface area contributed by atoms with Crippen molar-refractivity contribution >= 4 is 11.6 Å². The lowest BCUT2D eigenvalue weighted by Crippen LogP contribution is -2.23. The molecule has 0 aromatic heterocycles. The Labute approximate surface area is 122 Å². The Morgan fingerprint density at radius 2 is 2.00 bits per heavy atom. The summed E-state index contributed by atoms with van der Waals surface area (Å²) in [5.41, 5.74) is 1.17. The predicted molar refractivity (Wildman–Crippen MR) is 83.1 cm³/mol. The van der Waals surface area contributed by atoms with Crippen molar-refractivity contribution in [2.45, 2.75) is 46.1 Å². The van der Waals surface area contributed by atoms with Crippen LogP contribution >= 0.6 is 11.6 Å². The molecule has 1 atom stereocenters. The summed E-state index contributed by atoms with van der Waals surface area (Å²) in [5.74, 6) is 1.62. The van der Waals surface area contributed by atoms with Crippen LogP contribution in [-0.2, 0) is 0 Å². The quantitative estimate of drug-likeness (QED) is 0.738. The Hall–Kier alpha value is -0.730. The number of benzene rings is 1.